The molecule has 0 spiro atoms. The lowest BCUT2D eigenvalue weighted by molar-refractivity contribution is -0.132. The molecule has 1 aromatic heterocycles. The van der Waals surface area contributed by atoms with Crippen molar-refractivity contribution in [2.75, 3.05) is 40.5 Å². The highest BCUT2D eigenvalue weighted by Crippen LogP contribution is 2.28. The molecule has 1 amide bonds. The number of sulfone groups is 1. The molecule has 0 radical (unpaired) electrons. The van der Waals surface area contributed by atoms with Gasteiger partial charge in [-0.05, 0) is 62.8 Å². The van der Waals surface area contributed by atoms with Crippen molar-refractivity contribution in [1.82, 2.24) is 19.9 Å². The molecule has 0 unspecified atom stereocenters. The summed E-state index contributed by atoms with van der Waals surface area (Å²) in [5.74, 6) is 0.251. The molecule has 0 bridgehead atoms. The molecule has 2 fully saturated rings. The monoisotopic (exact) mass is 520 g/mol. The van der Waals surface area contributed by atoms with Gasteiger partial charge in [0.25, 0.3) is 0 Å². The summed E-state index contributed by atoms with van der Waals surface area (Å²) in [6.07, 6.45) is 3.95. The minimum Gasteiger partial charge on any atom is -0.497 e. The first kappa shape index (κ1) is 26.6. The number of benzene rings is 1. The molecule has 4 rings (SSSR count). The Morgan fingerprint density at radius 1 is 1.14 bits per heavy atom. The van der Waals surface area contributed by atoms with Crippen LogP contribution < -0.4 is 4.74 Å². The van der Waals surface area contributed by atoms with E-state index in [4.69, 9.17) is 14.0 Å². The van der Waals surface area contributed by atoms with Gasteiger partial charge in [-0.1, -0.05) is 5.16 Å². The molecule has 0 saturated carbocycles. The molecule has 11 heteroatoms. The number of amides is 1. The summed E-state index contributed by atoms with van der Waals surface area (Å²) >= 11 is 0. The number of hydrogen-bond donors (Lipinski definition) is 0. The summed E-state index contributed by atoms with van der Waals surface area (Å²) in [6.45, 7) is 7.06. The second-order valence-electron chi connectivity index (χ2n) is 9.75. The van der Waals surface area contributed by atoms with E-state index in [0.29, 0.717) is 22.9 Å². The zero-order chi connectivity index (χ0) is 25.9. The van der Waals surface area contributed by atoms with E-state index in [1.165, 1.54) is 7.11 Å². The third-order valence-corrected chi connectivity index (χ3v) is 9.16. The van der Waals surface area contributed by atoms with Crippen LogP contribution in [0.2, 0.25) is 0 Å². The number of ether oxygens (including phenoxy) is 2. The quantitative estimate of drug-likeness (QED) is 0.517. The summed E-state index contributed by atoms with van der Waals surface area (Å²) in [4.78, 5) is 21.6. The predicted octanol–water partition coefficient (Wildman–Crippen LogP) is 2.31. The number of carbonyl (C=O) groups is 1. The van der Waals surface area contributed by atoms with Crippen LogP contribution in [0.3, 0.4) is 0 Å². The van der Waals surface area contributed by atoms with Gasteiger partial charge < -0.3 is 23.8 Å². The van der Waals surface area contributed by atoms with E-state index in [9.17, 15) is 13.2 Å². The third-order valence-electron chi connectivity index (χ3n) is 7.26. The molecule has 0 N–H and O–H groups in total. The Hall–Kier alpha value is -2.50. The molecule has 3 heterocycles. The Labute approximate surface area is 212 Å². The first-order valence-corrected chi connectivity index (χ1v) is 14.1. The van der Waals surface area contributed by atoms with Crippen molar-refractivity contribution in [3.05, 3.63) is 35.0 Å². The Balaban J connectivity index is 1.33. The highest BCUT2D eigenvalue weighted by Gasteiger charge is 2.30. The first-order chi connectivity index (χ1) is 17.2. The highest BCUT2D eigenvalue weighted by molar-refractivity contribution is 7.90. The fraction of sp³-hybridized carbons (Fsp3) is 0.640. The maximum Gasteiger partial charge on any atom is 0.236 e. The zero-order valence-corrected chi connectivity index (χ0v) is 22.3. The van der Waals surface area contributed by atoms with Gasteiger partial charge in [-0.3, -0.25) is 4.79 Å². The van der Waals surface area contributed by atoms with Crippen LogP contribution >= 0.6 is 0 Å². The fourth-order valence-corrected chi connectivity index (χ4v) is 7.03. The number of carbonyl (C=O) groups excluding carboxylic acids is 1. The molecule has 2 saturated heterocycles. The summed E-state index contributed by atoms with van der Waals surface area (Å²) < 4.78 is 42.1. The maximum atomic E-state index is 13.1. The molecule has 0 aliphatic carbocycles. The fourth-order valence-electron chi connectivity index (χ4n) is 5.33. The average Bonchev–Trinajstić information content (AvgIpc) is 3.29. The van der Waals surface area contributed by atoms with Crippen molar-refractivity contribution >= 4 is 15.7 Å². The molecule has 198 valence electrons. The largest absolute Gasteiger partial charge is 0.497 e. The van der Waals surface area contributed by atoms with Crippen molar-refractivity contribution in [3.63, 3.8) is 0 Å². The van der Waals surface area contributed by atoms with Gasteiger partial charge in [-0.2, -0.15) is 4.98 Å². The van der Waals surface area contributed by atoms with Crippen LogP contribution in [0.1, 0.15) is 48.5 Å². The van der Waals surface area contributed by atoms with E-state index < -0.39 is 15.6 Å². The molecule has 1 aromatic carbocycles. The Morgan fingerprint density at radius 2 is 1.78 bits per heavy atom. The summed E-state index contributed by atoms with van der Waals surface area (Å²) in [6, 6.07) is 4.12. The molecular weight excluding hydrogens is 484 g/mol. The van der Waals surface area contributed by atoms with Gasteiger partial charge in [0.05, 0.1) is 12.0 Å². The maximum absolute atomic E-state index is 13.1. The van der Waals surface area contributed by atoms with Gasteiger partial charge in [0.15, 0.2) is 15.7 Å². The van der Waals surface area contributed by atoms with Crippen molar-refractivity contribution in [2.24, 2.45) is 0 Å². The van der Waals surface area contributed by atoms with Gasteiger partial charge in [-0.15, -0.1) is 0 Å². The molecule has 2 aromatic rings. The minimum atomic E-state index is -3.71. The second kappa shape index (κ2) is 11.3. The van der Waals surface area contributed by atoms with E-state index in [1.807, 2.05) is 7.05 Å². The van der Waals surface area contributed by atoms with Crippen molar-refractivity contribution in [3.8, 4) is 5.75 Å². The van der Waals surface area contributed by atoms with E-state index in [0.717, 1.165) is 52.0 Å². The third kappa shape index (κ3) is 6.07. The van der Waals surface area contributed by atoms with Crippen LogP contribution in [0.4, 0.5) is 0 Å². The lowest BCUT2D eigenvalue weighted by Gasteiger charge is -2.41. The zero-order valence-electron chi connectivity index (χ0n) is 21.5. The van der Waals surface area contributed by atoms with Gasteiger partial charge in [-0.25, -0.2) is 8.42 Å². The number of rotatable bonds is 8. The number of likely N-dealkylation sites (tertiary alicyclic amines) is 1. The number of piperidine rings is 1. The van der Waals surface area contributed by atoms with Crippen molar-refractivity contribution in [1.29, 1.82) is 0 Å². The molecular formula is C25H36N4O6S. The standard InChI is InChI=1S/C25H36N4O6S/c1-17-13-21(33-4)14-18(2)25(17)36(31,32)16-22-26-23(35-27-22)15-24(30)28(3)19-5-9-29(10-6-19)20-7-11-34-12-8-20/h13-14,19-20H,5-12,15-16H2,1-4H3. The SMILES string of the molecule is COc1cc(C)c(S(=O)(=O)Cc2noc(CC(=O)N(C)C3CCN(C4CCOCC4)CC3)n2)c(C)c1. The summed E-state index contributed by atoms with van der Waals surface area (Å²) in [5.41, 5.74) is 1.19. The van der Waals surface area contributed by atoms with E-state index >= 15 is 0 Å². The summed E-state index contributed by atoms with van der Waals surface area (Å²) in [5, 5.41) is 3.83. The van der Waals surface area contributed by atoms with Crippen molar-refractivity contribution < 1.29 is 27.2 Å². The predicted molar refractivity (Wildman–Crippen MR) is 133 cm³/mol. The number of aromatic nitrogens is 2. The van der Waals surface area contributed by atoms with Crippen LogP contribution in [0.25, 0.3) is 0 Å². The van der Waals surface area contributed by atoms with E-state index in [1.54, 1.807) is 30.9 Å². The van der Waals surface area contributed by atoms with E-state index in [-0.39, 0.29) is 35.0 Å². The van der Waals surface area contributed by atoms with Gasteiger partial charge >= 0.3 is 0 Å². The number of aryl methyl sites for hydroxylation is 2. The topological polar surface area (TPSA) is 115 Å². The first-order valence-electron chi connectivity index (χ1n) is 12.4. The van der Waals surface area contributed by atoms with Crippen LogP contribution in [-0.4, -0.2) is 86.8 Å². The van der Waals surface area contributed by atoms with Gasteiger partial charge in [0.2, 0.25) is 11.8 Å². The lowest BCUT2D eigenvalue weighted by atomic mass is 9.98. The molecule has 0 atom stereocenters. The Kier molecular flexibility index (Phi) is 8.31. The molecule has 2 aliphatic heterocycles. The van der Waals surface area contributed by atoms with Gasteiger partial charge in [0, 0.05) is 45.4 Å². The van der Waals surface area contributed by atoms with Crippen LogP contribution in [0.15, 0.2) is 21.6 Å². The van der Waals surface area contributed by atoms with Crippen LogP contribution in [0, 0.1) is 13.8 Å². The highest BCUT2D eigenvalue weighted by atomic mass is 32.2. The Bertz CT molecular complexity index is 1140. The second-order valence-corrected chi connectivity index (χ2v) is 11.7. The number of nitrogens with zero attached hydrogens (tertiary/aromatic N) is 4. The average molecular weight is 521 g/mol. The van der Waals surface area contributed by atoms with Crippen LogP contribution in [0.5, 0.6) is 5.75 Å². The number of methoxy groups -OCH3 is 1. The molecule has 36 heavy (non-hydrogen) atoms. The van der Waals surface area contributed by atoms with Gasteiger partial charge in [0.1, 0.15) is 17.9 Å². The molecule has 2 aliphatic rings. The normalized spacial score (nSPS) is 18.3. The van der Waals surface area contributed by atoms with E-state index in [2.05, 4.69) is 15.0 Å². The molecule has 10 nitrogen and oxygen atoms in total. The smallest absolute Gasteiger partial charge is 0.236 e. The van der Waals surface area contributed by atoms with Crippen molar-refractivity contribution in [2.45, 2.75) is 68.7 Å². The summed E-state index contributed by atoms with van der Waals surface area (Å²) in [7, 11) is -0.358. The minimum absolute atomic E-state index is 0.0415. The Morgan fingerprint density at radius 3 is 2.39 bits per heavy atom. The number of hydrogen-bond acceptors (Lipinski definition) is 9. The number of likely N-dealkylation sites (N-methyl/N-ethyl adjacent to an activating group) is 1. The lowest BCUT2D eigenvalue weighted by Crippen LogP contribution is -2.50. The van der Waals surface area contributed by atoms with Crippen LogP contribution in [-0.2, 0) is 31.5 Å².